The Kier molecular flexibility index (Phi) is 10.1. The van der Waals surface area contributed by atoms with Crippen molar-refractivity contribution in [2.24, 2.45) is 11.7 Å². The summed E-state index contributed by atoms with van der Waals surface area (Å²) in [6, 6.07) is -0.409. The molecule has 0 bridgehead atoms. The van der Waals surface area contributed by atoms with Gasteiger partial charge in [-0.15, -0.1) is 0 Å². The summed E-state index contributed by atoms with van der Waals surface area (Å²) in [6.45, 7) is 6.49. The summed E-state index contributed by atoms with van der Waals surface area (Å²) in [6.07, 6.45) is 1.84. The van der Waals surface area contributed by atoms with E-state index in [-0.39, 0.29) is 11.8 Å². The molecule has 1 amide bonds. The number of nitrogens with two attached hydrogens (primary N) is 1. The van der Waals surface area contributed by atoms with Crippen LogP contribution in [0.15, 0.2) is 0 Å². The van der Waals surface area contributed by atoms with Crippen LogP contribution in [0.5, 0.6) is 0 Å². The van der Waals surface area contributed by atoms with Gasteiger partial charge < -0.3 is 20.5 Å². The topological polar surface area (TPSA) is 73.6 Å². The molecule has 0 aromatic carbocycles. The van der Waals surface area contributed by atoms with Gasteiger partial charge in [-0.1, -0.05) is 13.8 Å². The molecule has 0 aliphatic rings. The molecule has 0 saturated carbocycles. The maximum absolute atomic E-state index is 11.5. The molecule has 0 rings (SSSR count). The predicted molar refractivity (Wildman–Crippen MR) is 67.8 cm³/mol. The van der Waals surface area contributed by atoms with Crippen LogP contribution >= 0.6 is 0 Å². The van der Waals surface area contributed by atoms with Crippen molar-refractivity contribution >= 4 is 5.91 Å². The van der Waals surface area contributed by atoms with Gasteiger partial charge in [0.1, 0.15) is 0 Å². The van der Waals surface area contributed by atoms with Crippen LogP contribution in [0.2, 0.25) is 0 Å². The highest BCUT2D eigenvalue weighted by atomic mass is 16.5. The van der Waals surface area contributed by atoms with Gasteiger partial charge in [-0.05, 0) is 18.8 Å². The van der Waals surface area contributed by atoms with E-state index < -0.39 is 6.04 Å². The van der Waals surface area contributed by atoms with Crippen LogP contribution in [0.4, 0.5) is 0 Å². The maximum atomic E-state index is 11.5. The van der Waals surface area contributed by atoms with Crippen molar-refractivity contribution in [1.82, 2.24) is 5.32 Å². The van der Waals surface area contributed by atoms with E-state index in [1.807, 2.05) is 13.8 Å². The van der Waals surface area contributed by atoms with Gasteiger partial charge in [0, 0.05) is 20.3 Å². The van der Waals surface area contributed by atoms with Crippen molar-refractivity contribution in [3.8, 4) is 0 Å². The highest BCUT2D eigenvalue weighted by Crippen LogP contribution is 1.98. The van der Waals surface area contributed by atoms with Crippen molar-refractivity contribution in [2.45, 2.75) is 32.7 Å². The number of methoxy groups -OCH3 is 1. The van der Waals surface area contributed by atoms with Crippen LogP contribution in [0.3, 0.4) is 0 Å². The lowest BCUT2D eigenvalue weighted by Crippen LogP contribution is -2.44. The number of amides is 1. The molecule has 0 radical (unpaired) electrons. The van der Waals surface area contributed by atoms with Gasteiger partial charge in [-0.3, -0.25) is 4.79 Å². The van der Waals surface area contributed by atoms with E-state index in [0.717, 1.165) is 12.8 Å². The molecule has 0 fully saturated rings. The third-order valence-electron chi connectivity index (χ3n) is 2.47. The summed E-state index contributed by atoms with van der Waals surface area (Å²) >= 11 is 0. The second-order valence-corrected chi connectivity index (χ2v) is 4.37. The Morgan fingerprint density at radius 2 is 1.94 bits per heavy atom. The number of rotatable bonds is 10. The molecule has 17 heavy (non-hydrogen) atoms. The highest BCUT2D eigenvalue weighted by molar-refractivity contribution is 5.81. The molecule has 1 atom stereocenters. The molecule has 102 valence electrons. The molecule has 0 aromatic heterocycles. The fourth-order valence-corrected chi connectivity index (χ4v) is 1.21. The van der Waals surface area contributed by atoms with Crippen LogP contribution in [0, 0.1) is 5.92 Å². The van der Waals surface area contributed by atoms with Crippen molar-refractivity contribution < 1.29 is 14.3 Å². The molecule has 3 N–H and O–H groups in total. The number of hydrogen-bond donors (Lipinski definition) is 2. The van der Waals surface area contributed by atoms with Crippen LogP contribution in [0.1, 0.15) is 26.7 Å². The van der Waals surface area contributed by atoms with E-state index in [1.165, 1.54) is 0 Å². The molecular formula is C12H26N2O3. The van der Waals surface area contributed by atoms with Crippen LogP contribution in [0.25, 0.3) is 0 Å². The number of unbranched alkanes of at least 4 members (excludes halogenated alkanes) is 1. The number of hydrogen-bond acceptors (Lipinski definition) is 4. The van der Waals surface area contributed by atoms with Crippen molar-refractivity contribution in [3.05, 3.63) is 0 Å². The molecule has 5 nitrogen and oxygen atoms in total. The van der Waals surface area contributed by atoms with E-state index in [4.69, 9.17) is 15.2 Å². The van der Waals surface area contributed by atoms with Gasteiger partial charge in [-0.2, -0.15) is 0 Å². The molecule has 0 heterocycles. The first-order valence-electron chi connectivity index (χ1n) is 6.19. The summed E-state index contributed by atoms with van der Waals surface area (Å²) < 4.78 is 10.2. The minimum atomic E-state index is -0.409. The summed E-state index contributed by atoms with van der Waals surface area (Å²) in [5, 5.41) is 2.82. The van der Waals surface area contributed by atoms with Crippen LogP contribution < -0.4 is 11.1 Å². The zero-order valence-electron chi connectivity index (χ0n) is 11.2. The Balaban J connectivity index is 3.31. The fraction of sp³-hybridized carbons (Fsp3) is 0.917. The monoisotopic (exact) mass is 246 g/mol. The SMILES string of the molecule is COCCOCCCCNC(=O)C(N)C(C)C. The second kappa shape index (κ2) is 10.5. The Bertz CT molecular complexity index is 198. The summed E-state index contributed by atoms with van der Waals surface area (Å²) in [4.78, 5) is 11.5. The second-order valence-electron chi connectivity index (χ2n) is 4.37. The normalized spacial score (nSPS) is 12.8. The third kappa shape index (κ3) is 9.09. The average molecular weight is 246 g/mol. The lowest BCUT2D eigenvalue weighted by molar-refractivity contribution is -0.123. The zero-order valence-corrected chi connectivity index (χ0v) is 11.2. The van der Waals surface area contributed by atoms with Crippen LogP contribution in [-0.2, 0) is 14.3 Å². The minimum Gasteiger partial charge on any atom is -0.382 e. The van der Waals surface area contributed by atoms with Gasteiger partial charge in [0.2, 0.25) is 5.91 Å². The summed E-state index contributed by atoms with van der Waals surface area (Å²) in [7, 11) is 1.65. The molecule has 0 saturated heterocycles. The van der Waals surface area contributed by atoms with Gasteiger partial charge in [-0.25, -0.2) is 0 Å². The van der Waals surface area contributed by atoms with E-state index in [2.05, 4.69) is 5.32 Å². The van der Waals surface area contributed by atoms with Crippen molar-refractivity contribution in [1.29, 1.82) is 0 Å². The fourth-order valence-electron chi connectivity index (χ4n) is 1.21. The molecular weight excluding hydrogens is 220 g/mol. The Hall–Kier alpha value is -0.650. The van der Waals surface area contributed by atoms with E-state index >= 15 is 0 Å². The van der Waals surface area contributed by atoms with Gasteiger partial charge in [0.15, 0.2) is 0 Å². The first-order valence-corrected chi connectivity index (χ1v) is 6.19. The van der Waals surface area contributed by atoms with Crippen molar-refractivity contribution in [2.75, 3.05) is 33.5 Å². The lowest BCUT2D eigenvalue weighted by Gasteiger charge is -2.15. The number of carbonyl (C=O) groups is 1. The molecule has 0 aliphatic heterocycles. The van der Waals surface area contributed by atoms with Crippen molar-refractivity contribution in [3.63, 3.8) is 0 Å². The zero-order chi connectivity index (χ0) is 13.1. The van der Waals surface area contributed by atoms with Gasteiger partial charge in [0.25, 0.3) is 0 Å². The number of nitrogens with one attached hydrogen (secondary N) is 1. The Morgan fingerprint density at radius 1 is 1.24 bits per heavy atom. The first-order chi connectivity index (χ1) is 8.09. The third-order valence-corrected chi connectivity index (χ3v) is 2.47. The van der Waals surface area contributed by atoms with Crippen LogP contribution in [-0.4, -0.2) is 45.4 Å². The largest absolute Gasteiger partial charge is 0.382 e. The standard InChI is InChI=1S/C12H26N2O3/c1-10(2)11(13)12(15)14-6-4-5-7-17-9-8-16-3/h10-11H,4-9,13H2,1-3H3,(H,14,15). The number of ether oxygens (including phenoxy) is 2. The maximum Gasteiger partial charge on any atom is 0.237 e. The minimum absolute atomic E-state index is 0.0692. The molecule has 0 aromatic rings. The molecule has 0 aliphatic carbocycles. The molecule has 5 heteroatoms. The number of carbonyl (C=O) groups excluding carboxylic acids is 1. The average Bonchev–Trinajstić information content (AvgIpc) is 2.31. The first kappa shape index (κ1) is 16.4. The summed E-state index contributed by atoms with van der Waals surface area (Å²) in [5.74, 6) is 0.104. The lowest BCUT2D eigenvalue weighted by atomic mass is 10.1. The van der Waals surface area contributed by atoms with Gasteiger partial charge in [0.05, 0.1) is 19.3 Å². The Labute approximate surface area is 104 Å². The van der Waals surface area contributed by atoms with E-state index in [9.17, 15) is 4.79 Å². The Morgan fingerprint density at radius 3 is 2.53 bits per heavy atom. The highest BCUT2D eigenvalue weighted by Gasteiger charge is 2.15. The molecule has 1 unspecified atom stereocenters. The van der Waals surface area contributed by atoms with Gasteiger partial charge >= 0.3 is 0 Å². The smallest absolute Gasteiger partial charge is 0.237 e. The summed E-state index contributed by atoms with van der Waals surface area (Å²) in [5.41, 5.74) is 5.71. The van der Waals surface area contributed by atoms with E-state index in [0.29, 0.717) is 26.4 Å². The van der Waals surface area contributed by atoms with E-state index in [1.54, 1.807) is 7.11 Å². The quantitative estimate of drug-likeness (QED) is 0.551. The molecule has 0 spiro atoms. The predicted octanol–water partition coefficient (Wildman–Crippen LogP) is 0.529.